The number of thioether (sulfide) groups is 1. The Morgan fingerprint density at radius 2 is 1.90 bits per heavy atom. The highest BCUT2D eigenvalue weighted by Crippen LogP contribution is 2.32. The Kier molecular flexibility index (Phi) is 8.59. The van der Waals surface area contributed by atoms with E-state index in [0.717, 1.165) is 10.6 Å². The molecule has 1 amide bonds. The zero-order valence-electron chi connectivity index (χ0n) is 12.1. The minimum atomic E-state index is -0.240. The lowest BCUT2D eigenvalue weighted by Crippen LogP contribution is -2.34. The van der Waals surface area contributed by atoms with Crippen molar-refractivity contribution >= 4 is 47.4 Å². The summed E-state index contributed by atoms with van der Waals surface area (Å²) in [6.07, 6.45) is 0. The van der Waals surface area contributed by atoms with Crippen LogP contribution < -0.4 is 11.1 Å². The van der Waals surface area contributed by atoms with Crippen molar-refractivity contribution in [3.8, 4) is 0 Å². The molecule has 0 aliphatic rings. The van der Waals surface area contributed by atoms with E-state index >= 15 is 0 Å². The predicted molar refractivity (Wildman–Crippen MR) is 91.1 cm³/mol. The first-order chi connectivity index (χ1) is 8.81. The lowest BCUT2D eigenvalue weighted by molar-refractivity contribution is -0.119. The molecule has 0 aromatic heterocycles. The fourth-order valence-electron chi connectivity index (χ4n) is 1.44. The number of anilines is 1. The topological polar surface area (TPSA) is 55.1 Å². The molecule has 0 bridgehead atoms. The van der Waals surface area contributed by atoms with Crippen molar-refractivity contribution in [2.75, 3.05) is 5.32 Å². The molecule has 6 heteroatoms. The summed E-state index contributed by atoms with van der Waals surface area (Å²) in [5.41, 5.74) is 6.50. The van der Waals surface area contributed by atoms with Gasteiger partial charge in [0.15, 0.2) is 0 Å². The van der Waals surface area contributed by atoms with E-state index in [1.165, 1.54) is 0 Å². The third-order valence-corrected chi connectivity index (χ3v) is 4.08. The van der Waals surface area contributed by atoms with Crippen molar-refractivity contribution in [3.63, 3.8) is 0 Å². The highest BCUT2D eigenvalue weighted by molar-refractivity contribution is 8.00. The SMILES string of the molecule is CC(C)Sc1ccc(Cl)cc1NC(=O)C(C)C(C)N.Cl. The molecule has 0 saturated heterocycles. The Morgan fingerprint density at radius 3 is 2.40 bits per heavy atom. The van der Waals surface area contributed by atoms with Gasteiger partial charge in [-0.25, -0.2) is 0 Å². The number of nitrogens with one attached hydrogen (secondary N) is 1. The van der Waals surface area contributed by atoms with Crippen molar-refractivity contribution < 1.29 is 4.79 Å². The van der Waals surface area contributed by atoms with Crippen LogP contribution in [0.15, 0.2) is 23.1 Å². The highest BCUT2D eigenvalue weighted by atomic mass is 35.5. The second-order valence-electron chi connectivity index (χ2n) is 4.94. The van der Waals surface area contributed by atoms with E-state index in [4.69, 9.17) is 17.3 Å². The first-order valence-electron chi connectivity index (χ1n) is 6.34. The van der Waals surface area contributed by atoms with Gasteiger partial charge in [0.05, 0.1) is 11.6 Å². The molecule has 3 nitrogen and oxygen atoms in total. The number of hydrogen-bond donors (Lipinski definition) is 2. The number of carbonyl (C=O) groups excluding carboxylic acids is 1. The van der Waals surface area contributed by atoms with Crippen LogP contribution in [0.2, 0.25) is 5.02 Å². The van der Waals surface area contributed by atoms with Gasteiger partial charge in [0, 0.05) is 21.2 Å². The molecular weight excluding hydrogens is 315 g/mol. The first-order valence-corrected chi connectivity index (χ1v) is 7.59. The first kappa shape index (κ1) is 19.6. The van der Waals surface area contributed by atoms with Gasteiger partial charge < -0.3 is 11.1 Å². The maximum atomic E-state index is 12.1. The zero-order valence-corrected chi connectivity index (χ0v) is 14.5. The van der Waals surface area contributed by atoms with Gasteiger partial charge in [0.25, 0.3) is 0 Å². The number of halogens is 2. The van der Waals surface area contributed by atoms with Gasteiger partial charge in [0.2, 0.25) is 5.91 Å². The molecule has 2 atom stereocenters. The van der Waals surface area contributed by atoms with Crippen LogP contribution in [0.1, 0.15) is 27.7 Å². The number of amides is 1. The summed E-state index contributed by atoms with van der Waals surface area (Å²) in [5, 5.41) is 3.95. The van der Waals surface area contributed by atoms with Crippen molar-refractivity contribution in [2.24, 2.45) is 11.7 Å². The molecule has 0 aliphatic carbocycles. The normalized spacial score (nSPS) is 13.6. The molecule has 0 radical (unpaired) electrons. The number of carbonyl (C=O) groups is 1. The van der Waals surface area contributed by atoms with Crippen LogP contribution in [0.3, 0.4) is 0 Å². The van der Waals surface area contributed by atoms with Gasteiger partial charge in [-0.3, -0.25) is 4.79 Å². The molecule has 1 aromatic rings. The third-order valence-electron chi connectivity index (χ3n) is 2.76. The van der Waals surface area contributed by atoms with Gasteiger partial charge >= 0.3 is 0 Å². The van der Waals surface area contributed by atoms with Crippen LogP contribution >= 0.6 is 35.8 Å². The Bertz CT molecular complexity index is 453. The average Bonchev–Trinajstić information content (AvgIpc) is 2.31. The highest BCUT2D eigenvalue weighted by Gasteiger charge is 2.18. The smallest absolute Gasteiger partial charge is 0.228 e. The van der Waals surface area contributed by atoms with Crippen LogP contribution in [-0.4, -0.2) is 17.2 Å². The van der Waals surface area contributed by atoms with E-state index in [9.17, 15) is 4.79 Å². The standard InChI is InChI=1S/C14H21ClN2OS.ClH/c1-8(2)19-13-6-5-11(15)7-12(13)17-14(18)9(3)10(4)16;/h5-10H,16H2,1-4H3,(H,17,18);1H. The molecular formula is C14H22Cl2N2OS. The van der Waals surface area contributed by atoms with E-state index in [1.54, 1.807) is 17.8 Å². The van der Waals surface area contributed by atoms with E-state index in [0.29, 0.717) is 10.3 Å². The molecule has 0 saturated carbocycles. The molecule has 1 rings (SSSR count). The molecule has 114 valence electrons. The second-order valence-corrected chi connectivity index (χ2v) is 7.00. The maximum absolute atomic E-state index is 12.1. The quantitative estimate of drug-likeness (QED) is 0.793. The van der Waals surface area contributed by atoms with Gasteiger partial charge in [-0.05, 0) is 25.1 Å². The van der Waals surface area contributed by atoms with Crippen molar-refractivity contribution in [2.45, 2.75) is 43.9 Å². The Morgan fingerprint density at radius 1 is 1.30 bits per heavy atom. The molecule has 20 heavy (non-hydrogen) atoms. The Balaban J connectivity index is 0.00000361. The monoisotopic (exact) mass is 336 g/mol. The van der Waals surface area contributed by atoms with E-state index in [2.05, 4.69) is 19.2 Å². The summed E-state index contributed by atoms with van der Waals surface area (Å²) < 4.78 is 0. The number of nitrogens with two attached hydrogens (primary N) is 1. The Hall–Kier alpha value is -0.420. The fourth-order valence-corrected chi connectivity index (χ4v) is 2.51. The number of benzene rings is 1. The molecule has 0 heterocycles. The van der Waals surface area contributed by atoms with E-state index in [-0.39, 0.29) is 30.3 Å². The van der Waals surface area contributed by atoms with Gasteiger partial charge in [-0.15, -0.1) is 24.2 Å². The number of hydrogen-bond acceptors (Lipinski definition) is 3. The van der Waals surface area contributed by atoms with E-state index in [1.807, 2.05) is 26.0 Å². The minimum Gasteiger partial charge on any atom is -0.327 e. The summed E-state index contributed by atoms with van der Waals surface area (Å²) >= 11 is 7.68. The van der Waals surface area contributed by atoms with Gasteiger partial charge in [-0.2, -0.15) is 0 Å². The van der Waals surface area contributed by atoms with Crippen molar-refractivity contribution in [3.05, 3.63) is 23.2 Å². The fraction of sp³-hybridized carbons (Fsp3) is 0.500. The largest absolute Gasteiger partial charge is 0.327 e. The summed E-state index contributed by atoms with van der Waals surface area (Å²) in [6, 6.07) is 5.36. The van der Waals surface area contributed by atoms with Gasteiger partial charge in [0.1, 0.15) is 0 Å². The molecule has 3 N–H and O–H groups in total. The van der Waals surface area contributed by atoms with Gasteiger partial charge in [-0.1, -0.05) is 32.4 Å². The molecule has 0 spiro atoms. The summed E-state index contributed by atoms with van der Waals surface area (Å²) in [7, 11) is 0. The van der Waals surface area contributed by atoms with Crippen LogP contribution in [0.25, 0.3) is 0 Å². The molecule has 2 unspecified atom stereocenters. The molecule has 1 aromatic carbocycles. The average molecular weight is 337 g/mol. The number of rotatable bonds is 5. The lowest BCUT2D eigenvalue weighted by Gasteiger charge is -2.18. The van der Waals surface area contributed by atoms with Crippen LogP contribution in [0.5, 0.6) is 0 Å². The maximum Gasteiger partial charge on any atom is 0.228 e. The second kappa shape index (κ2) is 8.78. The van der Waals surface area contributed by atoms with Crippen molar-refractivity contribution in [1.82, 2.24) is 0 Å². The summed E-state index contributed by atoms with van der Waals surface area (Å²) in [6.45, 7) is 7.86. The van der Waals surface area contributed by atoms with Crippen LogP contribution in [0, 0.1) is 5.92 Å². The molecule has 0 aliphatic heterocycles. The Labute approximate surface area is 136 Å². The van der Waals surface area contributed by atoms with Crippen LogP contribution in [-0.2, 0) is 4.79 Å². The van der Waals surface area contributed by atoms with Crippen molar-refractivity contribution in [1.29, 1.82) is 0 Å². The van der Waals surface area contributed by atoms with Crippen LogP contribution in [0.4, 0.5) is 5.69 Å². The van der Waals surface area contributed by atoms with E-state index < -0.39 is 0 Å². The zero-order chi connectivity index (χ0) is 14.6. The minimum absolute atomic E-state index is 0. The summed E-state index contributed by atoms with van der Waals surface area (Å²) in [4.78, 5) is 13.1. The molecule has 0 fully saturated rings. The predicted octanol–water partition coefficient (Wildman–Crippen LogP) is 4.18. The third kappa shape index (κ3) is 5.92. The summed E-state index contributed by atoms with van der Waals surface area (Å²) in [5.74, 6) is -0.321. The lowest BCUT2D eigenvalue weighted by atomic mass is 10.0.